The normalized spacial score (nSPS) is 13.6. The lowest BCUT2D eigenvalue weighted by Crippen LogP contribution is -2.19. The smallest absolute Gasteiger partial charge is 0.250 e. The lowest BCUT2D eigenvalue weighted by Gasteiger charge is -2.13. The Morgan fingerprint density at radius 3 is 2.41 bits per heavy atom. The molecule has 0 spiro atoms. The number of rotatable bonds is 6. The molecule has 2 aromatic carbocycles. The van der Waals surface area contributed by atoms with Gasteiger partial charge in [0, 0.05) is 24.4 Å². The van der Waals surface area contributed by atoms with Gasteiger partial charge in [0.05, 0.1) is 11.6 Å². The predicted molar refractivity (Wildman–Crippen MR) is 115 cm³/mol. The summed E-state index contributed by atoms with van der Waals surface area (Å²) in [5.74, 6) is 0.599. The number of hydrogen-bond donors (Lipinski definition) is 2. The van der Waals surface area contributed by atoms with Gasteiger partial charge in [-0.15, -0.1) is 0 Å². The second-order valence-corrected chi connectivity index (χ2v) is 8.24. The minimum Gasteiger partial charge on any atom is -0.506 e. The molecule has 0 atom stereocenters. The molecule has 0 unspecified atom stereocenters. The summed E-state index contributed by atoms with van der Waals surface area (Å²) in [7, 11) is 0. The Bertz CT molecular complexity index is 1100. The van der Waals surface area contributed by atoms with Crippen molar-refractivity contribution in [1.82, 2.24) is 4.57 Å². The first-order valence-electron chi connectivity index (χ1n) is 9.86. The number of aliphatic hydroxyl groups is 1. The van der Waals surface area contributed by atoms with Gasteiger partial charge in [-0.25, -0.2) is 0 Å². The third-order valence-electron chi connectivity index (χ3n) is 5.66. The fourth-order valence-electron chi connectivity index (χ4n) is 3.61. The van der Waals surface area contributed by atoms with Crippen molar-refractivity contribution in [1.29, 1.82) is 0 Å². The summed E-state index contributed by atoms with van der Waals surface area (Å²) in [6.45, 7) is 2.42. The summed E-state index contributed by atoms with van der Waals surface area (Å²) in [4.78, 5) is 12.1. The van der Waals surface area contributed by atoms with E-state index in [2.05, 4.69) is 24.3 Å². The van der Waals surface area contributed by atoms with E-state index in [1.807, 2.05) is 23.8 Å². The lowest BCUT2D eigenvalue weighted by molar-refractivity contribution is 0.275. The number of benzene rings is 2. The van der Waals surface area contributed by atoms with Crippen LogP contribution >= 0.6 is 11.6 Å². The van der Waals surface area contributed by atoms with Gasteiger partial charge in [-0.3, -0.25) is 4.79 Å². The van der Waals surface area contributed by atoms with Crippen molar-refractivity contribution in [2.45, 2.75) is 39.3 Å². The first kappa shape index (κ1) is 19.7. The van der Waals surface area contributed by atoms with E-state index in [1.54, 1.807) is 12.1 Å². The molecule has 0 saturated heterocycles. The van der Waals surface area contributed by atoms with Crippen LogP contribution in [-0.4, -0.2) is 14.8 Å². The van der Waals surface area contributed by atoms with Crippen LogP contribution in [0.5, 0.6) is 5.75 Å². The van der Waals surface area contributed by atoms with Crippen molar-refractivity contribution in [3.63, 3.8) is 0 Å². The highest BCUT2D eigenvalue weighted by Gasteiger charge is 2.22. The third kappa shape index (κ3) is 4.24. The van der Waals surface area contributed by atoms with E-state index in [9.17, 15) is 15.0 Å². The average Bonchev–Trinajstić information content (AvgIpc) is 3.55. The Hall–Kier alpha value is -2.56. The van der Waals surface area contributed by atoms with Gasteiger partial charge in [-0.1, -0.05) is 35.9 Å². The van der Waals surface area contributed by atoms with Gasteiger partial charge in [0.1, 0.15) is 5.75 Å². The highest BCUT2D eigenvalue weighted by molar-refractivity contribution is 6.33. The predicted octanol–water partition coefficient (Wildman–Crippen LogP) is 4.68. The molecular weight excluding hydrogens is 386 g/mol. The molecule has 3 aromatic rings. The zero-order valence-corrected chi connectivity index (χ0v) is 17.1. The fourth-order valence-corrected chi connectivity index (χ4v) is 3.85. The van der Waals surface area contributed by atoms with Gasteiger partial charge in [0.25, 0.3) is 5.56 Å². The highest BCUT2D eigenvalue weighted by Crippen LogP contribution is 2.34. The summed E-state index contributed by atoms with van der Waals surface area (Å²) in [5.41, 5.74) is 5.48. The molecule has 0 aliphatic heterocycles. The molecule has 0 radical (unpaired) electrons. The zero-order valence-electron chi connectivity index (χ0n) is 16.4. The number of hydrogen-bond acceptors (Lipinski definition) is 3. The second kappa shape index (κ2) is 8.05. The summed E-state index contributed by atoms with van der Waals surface area (Å²) in [6, 6.07) is 13.6. The van der Waals surface area contributed by atoms with Crippen LogP contribution in [0.25, 0.3) is 11.1 Å². The van der Waals surface area contributed by atoms with E-state index in [4.69, 9.17) is 11.6 Å². The molecule has 29 heavy (non-hydrogen) atoms. The Balaban J connectivity index is 1.57. The van der Waals surface area contributed by atoms with Crippen molar-refractivity contribution < 1.29 is 10.2 Å². The second-order valence-electron chi connectivity index (χ2n) is 7.87. The standard InChI is InChI=1S/C24H24ClNO3/c1-15-20(11-21(14-27)24(29)23(15)25)10-16-4-6-18(7-5-16)19-8-9-22(28)26(13-19)12-17-2-3-17/h4-9,11,13,17,27,29H,2-3,10,12,14H2,1H3. The molecule has 4 rings (SSSR count). The summed E-state index contributed by atoms with van der Waals surface area (Å²) >= 11 is 6.22. The Morgan fingerprint density at radius 1 is 1.07 bits per heavy atom. The minimum absolute atomic E-state index is 0.0490. The SMILES string of the molecule is Cc1c(Cc2ccc(-c3ccc(=O)n(CC4CC4)c3)cc2)cc(CO)c(O)c1Cl. The number of aromatic nitrogens is 1. The van der Waals surface area contributed by atoms with Gasteiger partial charge in [-0.05, 0) is 72.1 Å². The van der Waals surface area contributed by atoms with Crippen LogP contribution in [0.4, 0.5) is 0 Å². The van der Waals surface area contributed by atoms with Crippen molar-refractivity contribution in [2.24, 2.45) is 5.92 Å². The molecule has 1 aliphatic rings. The van der Waals surface area contributed by atoms with Crippen molar-refractivity contribution in [3.8, 4) is 16.9 Å². The van der Waals surface area contributed by atoms with E-state index in [-0.39, 0.29) is 17.9 Å². The number of pyridine rings is 1. The molecule has 2 N–H and O–H groups in total. The first-order valence-corrected chi connectivity index (χ1v) is 10.2. The topological polar surface area (TPSA) is 62.5 Å². The van der Waals surface area contributed by atoms with E-state index in [1.165, 1.54) is 12.8 Å². The zero-order chi connectivity index (χ0) is 20.5. The summed E-state index contributed by atoms with van der Waals surface area (Å²) in [6.07, 6.45) is 5.03. The maximum Gasteiger partial charge on any atom is 0.250 e. The molecule has 4 nitrogen and oxygen atoms in total. The minimum atomic E-state index is -0.256. The van der Waals surface area contributed by atoms with Crippen LogP contribution in [0.3, 0.4) is 0 Å². The molecule has 0 bridgehead atoms. The quantitative estimate of drug-likeness (QED) is 0.621. The highest BCUT2D eigenvalue weighted by atomic mass is 35.5. The van der Waals surface area contributed by atoms with Crippen molar-refractivity contribution in [3.05, 3.63) is 86.3 Å². The van der Waals surface area contributed by atoms with E-state index in [0.717, 1.165) is 34.4 Å². The van der Waals surface area contributed by atoms with Crippen molar-refractivity contribution >= 4 is 11.6 Å². The van der Waals surface area contributed by atoms with Crippen LogP contribution in [0, 0.1) is 12.8 Å². The Kier molecular flexibility index (Phi) is 5.48. The van der Waals surface area contributed by atoms with Gasteiger partial charge >= 0.3 is 0 Å². The van der Waals surface area contributed by atoms with Gasteiger partial charge in [-0.2, -0.15) is 0 Å². The fraction of sp³-hybridized carbons (Fsp3) is 0.292. The largest absolute Gasteiger partial charge is 0.506 e. The van der Waals surface area contributed by atoms with Crippen LogP contribution in [0.15, 0.2) is 53.5 Å². The molecule has 1 saturated carbocycles. The molecule has 1 fully saturated rings. The molecule has 1 aromatic heterocycles. The maximum absolute atomic E-state index is 12.1. The molecule has 150 valence electrons. The monoisotopic (exact) mass is 409 g/mol. The number of phenols is 1. The Morgan fingerprint density at radius 2 is 1.76 bits per heavy atom. The van der Waals surface area contributed by atoms with Gasteiger partial charge in [0.2, 0.25) is 0 Å². The van der Waals surface area contributed by atoms with Crippen LogP contribution in [0.1, 0.15) is 35.1 Å². The summed E-state index contributed by atoms with van der Waals surface area (Å²) < 4.78 is 1.82. The van der Waals surface area contributed by atoms with Crippen molar-refractivity contribution in [2.75, 3.05) is 0 Å². The molecular formula is C24H24ClNO3. The lowest BCUT2D eigenvalue weighted by atomic mass is 9.96. The summed E-state index contributed by atoms with van der Waals surface area (Å²) in [5, 5.41) is 19.8. The molecule has 1 aliphatic carbocycles. The maximum atomic E-state index is 12.1. The number of halogens is 1. The molecule has 0 amide bonds. The van der Waals surface area contributed by atoms with E-state index in [0.29, 0.717) is 22.9 Å². The molecule has 5 heteroatoms. The van der Waals surface area contributed by atoms with Crippen LogP contribution in [-0.2, 0) is 19.6 Å². The van der Waals surface area contributed by atoms with Gasteiger partial charge in [0.15, 0.2) is 0 Å². The number of aliphatic hydroxyl groups excluding tert-OH is 1. The van der Waals surface area contributed by atoms with Gasteiger partial charge < -0.3 is 14.8 Å². The number of aromatic hydroxyl groups is 1. The average molecular weight is 410 g/mol. The first-order chi connectivity index (χ1) is 14.0. The van der Waals surface area contributed by atoms with Crippen LogP contribution in [0.2, 0.25) is 5.02 Å². The Labute approximate surface area is 175 Å². The van der Waals surface area contributed by atoms with Crippen LogP contribution < -0.4 is 5.56 Å². The molecule has 1 heterocycles. The number of nitrogens with zero attached hydrogens (tertiary/aromatic N) is 1. The third-order valence-corrected chi connectivity index (χ3v) is 6.12. The van der Waals surface area contributed by atoms with E-state index < -0.39 is 0 Å². The van der Waals surface area contributed by atoms with E-state index >= 15 is 0 Å².